The second kappa shape index (κ2) is 5.19. The molecule has 0 atom stereocenters. The summed E-state index contributed by atoms with van der Waals surface area (Å²) in [6.45, 7) is 4.93. The molecule has 3 nitrogen and oxygen atoms in total. The quantitative estimate of drug-likeness (QED) is 0.816. The lowest BCUT2D eigenvalue weighted by molar-refractivity contribution is 1.09. The van der Waals surface area contributed by atoms with E-state index in [2.05, 4.69) is 30.2 Å². The maximum Gasteiger partial charge on any atom is 0.112 e. The fourth-order valence-electron chi connectivity index (χ4n) is 1.69. The molecule has 0 saturated carbocycles. The Balaban J connectivity index is 2.07. The van der Waals surface area contributed by atoms with Crippen molar-refractivity contribution in [2.24, 2.45) is 0 Å². The van der Waals surface area contributed by atoms with E-state index in [1.807, 2.05) is 18.3 Å². The summed E-state index contributed by atoms with van der Waals surface area (Å²) >= 11 is 1.75. The van der Waals surface area contributed by atoms with E-state index in [1.165, 1.54) is 4.88 Å². The van der Waals surface area contributed by atoms with Crippen molar-refractivity contribution in [3.63, 3.8) is 0 Å². The number of nitrogen functional groups attached to an aromatic ring is 1. The van der Waals surface area contributed by atoms with E-state index in [0.29, 0.717) is 0 Å². The summed E-state index contributed by atoms with van der Waals surface area (Å²) in [5.41, 5.74) is 8.91. The van der Waals surface area contributed by atoms with Crippen LogP contribution in [0.5, 0.6) is 0 Å². The molecule has 0 aliphatic rings. The Labute approximate surface area is 106 Å². The first-order valence-corrected chi connectivity index (χ1v) is 6.55. The molecule has 0 saturated heterocycles. The van der Waals surface area contributed by atoms with E-state index in [-0.39, 0.29) is 0 Å². The second-order valence-corrected chi connectivity index (χ2v) is 5.17. The van der Waals surface area contributed by atoms with Crippen molar-refractivity contribution >= 4 is 22.7 Å². The molecule has 1 aromatic carbocycles. The minimum absolute atomic E-state index is 0.736. The van der Waals surface area contributed by atoms with Gasteiger partial charge in [-0.05, 0) is 25.0 Å². The van der Waals surface area contributed by atoms with Crippen LogP contribution in [0.25, 0.3) is 0 Å². The number of nitrogens with one attached hydrogen (secondary N) is 1. The van der Waals surface area contributed by atoms with Crippen LogP contribution in [0.15, 0.2) is 24.4 Å². The number of hydrogen-bond donors (Lipinski definition) is 2. The van der Waals surface area contributed by atoms with Crippen LogP contribution in [0.3, 0.4) is 0 Å². The Hall–Kier alpha value is -1.55. The second-order valence-electron chi connectivity index (χ2n) is 3.97. The van der Waals surface area contributed by atoms with Crippen molar-refractivity contribution in [1.29, 1.82) is 0 Å². The van der Waals surface area contributed by atoms with Crippen LogP contribution in [0.4, 0.5) is 11.4 Å². The molecule has 90 valence electrons. The van der Waals surface area contributed by atoms with Crippen LogP contribution in [-0.4, -0.2) is 4.98 Å². The number of benzene rings is 1. The fourth-order valence-corrected chi connectivity index (χ4v) is 2.49. The van der Waals surface area contributed by atoms with E-state index in [9.17, 15) is 0 Å². The zero-order chi connectivity index (χ0) is 12.3. The highest BCUT2D eigenvalue weighted by molar-refractivity contribution is 7.11. The molecule has 2 aromatic rings. The van der Waals surface area contributed by atoms with Gasteiger partial charge in [-0.1, -0.05) is 19.1 Å². The number of para-hydroxylation sites is 1. The van der Waals surface area contributed by atoms with Gasteiger partial charge in [0.2, 0.25) is 0 Å². The van der Waals surface area contributed by atoms with E-state index in [4.69, 9.17) is 5.73 Å². The first-order valence-electron chi connectivity index (χ1n) is 5.73. The molecule has 0 aliphatic heterocycles. The van der Waals surface area contributed by atoms with Crippen LogP contribution in [0, 0.1) is 6.92 Å². The number of hydrogen-bond acceptors (Lipinski definition) is 4. The molecule has 0 fully saturated rings. The van der Waals surface area contributed by atoms with Gasteiger partial charge in [0, 0.05) is 11.1 Å². The van der Waals surface area contributed by atoms with E-state index < -0.39 is 0 Å². The molecule has 3 N–H and O–H groups in total. The maximum absolute atomic E-state index is 5.94. The molecule has 2 rings (SSSR count). The number of thiazole rings is 1. The van der Waals surface area contributed by atoms with Crippen LogP contribution in [0.2, 0.25) is 0 Å². The number of aromatic nitrogens is 1. The van der Waals surface area contributed by atoms with Crippen LogP contribution >= 0.6 is 11.3 Å². The summed E-state index contributed by atoms with van der Waals surface area (Å²) in [5.74, 6) is 0. The van der Waals surface area contributed by atoms with Crippen molar-refractivity contribution in [3.05, 3.63) is 39.8 Å². The minimum atomic E-state index is 0.736. The number of anilines is 2. The van der Waals surface area contributed by atoms with Crippen molar-refractivity contribution in [1.82, 2.24) is 4.98 Å². The van der Waals surface area contributed by atoms with Crippen molar-refractivity contribution in [2.75, 3.05) is 11.1 Å². The van der Waals surface area contributed by atoms with Gasteiger partial charge in [0.15, 0.2) is 0 Å². The van der Waals surface area contributed by atoms with E-state index >= 15 is 0 Å². The number of nitrogens with two attached hydrogens (primary N) is 1. The van der Waals surface area contributed by atoms with Crippen molar-refractivity contribution in [3.8, 4) is 0 Å². The summed E-state index contributed by atoms with van der Waals surface area (Å²) in [4.78, 5) is 5.70. The Kier molecular flexibility index (Phi) is 3.64. The maximum atomic E-state index is 5.94. The lowest BCUT2D eigenvalue weighted by Gasteiger charge is -2.10. The highest BCUT2D eigenvalue weighted by atomic mass is 32.1. The van der Waals surface area contributed by atoms with Crippen molar-refractivity contribution < 1.29 is 0 Å². The van der Waals surface area contributed by atoms with E-state index in [1.54, 1.807) is 11.3 Å². The zero-order valence-electron chi connectivity index (χ0n) is 10.2. The molecule has 0 bridgehead atoms. The molecule has 0 radical (unpaired) electrons. The number of nitrogens with zero attached hydrogens (tertiary/aromatic N) is 1. The van der Waals surface area contributed by atoms with Gasteiger partial charge >= 0.3 is 0 Å². The third-order valence-corrected chi connectivity index (χ3v) is 3.81. The third-order valence-electron chi connectivity index (χ3n) is 2.67. The van der Waals surface area contributed by atoms with Gasteiger partial charge in [0.1, 0.15) is 5.01 Å². The van der Waals surface area contributed by atoms with Crippen LogP contribution < -0.4 is 11.1 Å². The highest BCUT2D eigenvalue weighted by Crippen LogP contribution is 2.24. The number of rotatable bonds is 4. The predicted octanol–water partition coefficient (Wildman–Crippen LogP) is 3.21. The van der Waals surface area contributed by atoms with Gasteiger partial charge < -0.3 is 11.1 Å². The first-order chi connectivity index (χ1) is 8.20. The molecule has 0 amide bonds. The summed E-state index contributed by atoms with van der Waals surface area (Å²) in [5, 5.41) is 4.46. The van der Waals surface area contributed by atoms with Gasteiger partial charge in [-0.3, -0.25) is 0 Å². The van der Waals surface area contributed by atoms with Gasteiger partial charge in [0.05, 0.1) is 17.9 Å². The highest BCUT2D eigenvalue weighted by Gasteiger charge is 2.04. The molecule has 0 unspecified atom stereocenters. The first kappa shape index (κ1) is 11.9. The monoisotopic (exact) mass is 247 g/mol. The smallest absolute Gasteiger partial charge is 0.112 e. The fraction of sp³-hybridized carbons (Fsp3) is 0.308. The SMILES string of the molecule is CCc1cnc(CNc2c(C)cccc2N)s1. The molecular formula is C13H17N3S. The number of aryl methyl sites for hydroxylation is 2. The molecule has 17 heavy (non-hydrogen) atoms. The third kappa shape index (κ3) is 2.77. The van der Waals surface area contributed by atoms with E-state index in [0.717, 1.165) is 34.9 Å². The average Bonchev–Trinajstić information content (AvgIpc) is 2.76. The largest absolute Gasteiger partial charge is 0.397 e. The zero-order valence-corrected chi connectivity index (χ0v) is 11.0. The Bertz CT molecular complexity index is 485. The summed E-state index contributed by atoms with van der Waals surface area (Å²) in [6, 6.07) is 5.93. The molecular weight excluding hydrogens is 230 g/mol. The molecule has 1 aromatic heterocycles. The summed E-state index contributed by atoms with van der Waals surface area (Å²) < 4.78 is 0. The van der Waals surface area contributed by atoms with Crippen molar-refractivity contribution in [2.45, 2.75) is 26.8 Å². The lowest BCUT2D eigenvalue weighted by atomic mass is 10.1. The van der Waals surface area contributed by atoms with Gasteiger partial charge in [0.25, 0.3) is 0 Å². The molecule has 1 heterocycles. The topological polar surface area (TPSA) is 50.9 Å². The average molecular weight is 247 g/mol. The normalized spacial score (nSPS) is 10.5. The summed E-state index contributed by atoms with van der Waals surface area (Å²) in [6.07, 6.45) is 2.99. The van der Waals surface area contributed by atoms with Gasteiger partial charge in [-0.2, -0.15) is 0 Å². The predicted molar refractivity (Wildman–Crippen MR) is 74.4 cm³/mol. The van der Waals surface area contributed by atoms with Gasteiger partial charge in [-0.15, -0.1) is 11.3 Å². The lowest BCUT2D eigenvalue weighted by Crippen LogP contribution is -2.03. The Morgan fingerprint density at radius 2 is 2.24 bits per heavy atom. The minimum Gasteiger partial charge on any atom is -0.397 e. The summed E-state index contributed by atoms with van der Waals surface area (Å²) in [7, 11) is 0. The molecule has 0 spiro atoms. The van der Waals surface area contributed by atoms with Crippen LogP contribution in [-0.2, 0) is 13.0 Å². The van der Waals surface area contributed by atoms with Crippen LogP contribution in [0.1, 0.15) is 22.4 Å². The molecule has 4 heteroatoms. The standard InChI is InChI=1S/C13H17N3S/c1-3-10-7-15-12(17-10)8-16-13-9(2)5-4-6-11(13)14/h4-7,16H,3,8,14H2,1-2H3. The molecule has 0 aliphatic carbocycles. The Morgan fingerprint density at radius 1 is 1.41 bits per heavy atom. The van der Waals surface area contributed by atoms with Gasteiger partial charge in [-0.25, -0.2) is 4.98 Å². The Morgan fingerprint density at radius 3 is 2.88 bits per heavy atom.